The summed E-state index contributed by atoms with van der Waals surface area (Å²) >= 11 is 0. The van der Waals surface area contributed by atoms with E-state index in [9.17, 15) is 4.79 Å². The molecule has 0 saturated heterocycles. The number of ether oxygens (including phenoxy) is 2. The van der Waals surface area contributed by atoms with E-state index >= 15 is 0 Å². The minimum atomic E-state index is -0.0554. The second-order valence-electron chi connectivity index (χ2n) is 5.58. The standard InChI is InChI=1S/C18H16N2O3/c1-20-10-12(14-4-2-3-5-15(14)20)8-18(21)19-13-6-7-16-17(9-13)23-11-22-16/h2-7,9-10H,8,11H2,1H3,(H,19,21). The molecular weight excluding hydrogens is 292 g/mol. The van der Waals surface area contributed by atoms with E-state index in [1.807, 2.05) is 42.1 Å². The van der Waals surface area contributed by atoms with Gasteiger partial charge in [0.05, 0.1) is 6.42 Å². The molecule has 5 nitrogen and oxygen atoms in total. The monoisotopic (exact) mass is 308 g/mol. The van der Waals surface area contributed by atoms with Crippen molar-refractivity contribution in [1.29, 1.82) is 0 Å². The first kappa shape index (κ1) is 13.7. The molecule has 1 aliphatic heterocycles. The number of fused-ring (bicyclic) bond motifs is 2. The van der Waals surface area contributed by atoms with Gasteiger partial charge in [-0.05, 0) is 23.8 Å². The molecule has 5 heteroatoms. The number of aromatic nitrogens is 1. The zero-order valence-electron chi connectivity index (χ0n) is 12.7. The average molecular weight is 308 g/mol. The van der Waals surface area contributed by atoms with Gasteiger partial charge < -0.3 is 19.4 Å². The summed E-state index contributed by atoms with van der Waals surface area (Å²) in [5.41, 5.74) is 2.85. The predicted molar refractivity (Wildman–Crippen MR) is 87.8 cm³/mol. The second kappa shape index (κ2) is 5.35. The Morgan fingerprint density at radius 2 is 2.00 bits per heavy atom. The molecule has 1 amide bonds. The Morgan fingerprint density at radius 1 is 1.17 bits per heavy atom. The van der Waals surface area contributed by atoms with Crippen molar-refractivity contribution in [2.45, 2.75) is 6.42 Å². The number of amides is 1. The molecule has 1 aromatic heterocycles. The van der Waals surface area contributed by atoms with Crippen molar-refractivity contribution in [3.05, 3.63) is 54.2 Å². The van der Waals surface area contributed by atoms with E-state index in [2.05, 4.69) is 11.4 Å². The second-order valence-corrected chi connectivity index (χ2v) is 5.58. The first-order chi connectivity index (χ1) is 11.2. The molecule has 3 aromatic rings. The fourth-order valence-corrected chi connectivity index (χ4v) is 2.92. The molecule has 4 rings (SSSR count). The lowest BCUT2D eigenvalue weighted by molar-refractivity contribution is -0.115. The number of hydrogen-bond donors (Lipinski definition) is 1. The molecule has 0 unspecified atom stereocenters. The number of para-hydroxylation sites is 1. The maximum Gasteiger partial charge on any atom is 0.231 e. The maximum absolute atomic E-state index is 12.3. The van der Waals surface area contributed by atoms with Crippen molar-refractivity contribution in [2.24, 2.45) is 7.05 Å². The van der Waals surface area contributed by atoms with Crippen LogP contribution in [0.15, 0.2) is 48.7 Å². The highest BCUT2D eigenvalue weighted by Gasteiger charge is 2.15. The molecule has 0 aliphatic carbocycles. The van der Waals surface area contributed by atoms with Crippen LogP contribution in [0.3, 0.4) is 0 Å². The Bertz CT molecular complexity index is 898. The highest BCUT2D eigenvalue weighted by molar-refractivity contribution is 5.96. The van der Waals surface area contributed by atoms with E-state index in [0.717, 1.165) is 16.5 Å². The van der Waals surface area contributed by atoms with Crippen LogP contribution in [0.25, 0.3) is 10.9 Å². The molecule has 1 aliphatic rings. The number of nitrogens with zero attached hydrogens (tertiary/aromatic N) is 1. The molecule has 0 spiro atoms. The molecule has 23 heavy (non-hydrogen) atoms. The summed E-state index contributed by atoms with van der Waals surface area (Å²) in [4.78, 5) is 12.3. The Kier molecular flexibility index (Phi) is 3.19. The molecule has 0 atom stereocenters. The van der Waals surface area contributed by atoms with Crippen LogP contribution in [0.2, 0.25) is 0 Å². The van der Waals surface area contributed by atoms with Gasteiger partial charge in [-0.2, -0.15) is 0 Å². The Balaban J connectivity index is 1.53. The number of hydrogen-bond acceptors (Lipinski definition) is 3. The normalized spacial score (nSPS) is 12.6. The molecule has 0 radical (unpaired) electrons. The fraction of sp³-hybridized carbons (Fsp3) is 0.167. The van der Waals surface area contributed by atoms with Crippen LogP contribution in [-0.4, -0.2) is 17.3 Å². The minimum Gasteiger partial charge on any atom is -0.454 e. The molecule has 0 fully saturated rings. The lowest BCUT2D eigenvalue weighted by Crippen LogP contribution is -2.14. The highest BCUT2D eigenvalue weighted by Crippen LogP contribution is 2.34. The topological polar surface area (TPSA) is 52.5 Å². The van der Waals surface area contributed by atoms with Crippen LogP contribution < -0.4 is 14.8 Å². The van der Waals surface area contributed by atoms with Crippen molar-refractivity contribution in [2.75, 3.05) is 12.1 Å². The number of carbonyl (C=O) groups is 1. The smallest absolute Gasteiger partial charge is 0.231 e. The van der Waals surface area contributed by atoms with Gasteiger partial charge in [-0.3, -0.25) is 4.79 Å². The largest absolute Gasteiger partial charge is 0.454 e. The number of nitrogens with one attached hydrogen (secondary N) is 1. The van der Waals surface area contributed by atoms with E-state index in [4.69, 9.17) is 9.47 Å². The quantitative estimate of drug-likeness (QED) is 0.809. The van der Waals surface area contributed by atoms with Crippen LogP contribution in [0, 0.1) is 0 Å². The maximum atomic E-state index is 12.3. The van der Waals surface area contributed by atoms with Gasteiger partial charge in [-0.25, -0.2) is 0 Å². The van der Waals surface area contributed by atoms with Crippen molar-refractivity contribution in [3.8, 4) is 11.5 Å². The average Bonchev–Trinajstić information content (AvgIpc) is 3.12. The summed E-state index contributed by atoms with van der Waals surface area (Å²) in [6.07, 6.45) is 2.33. The van der Waals surface area contributed by atoms with E-state index < -0.39 is 0 Å². The summed E-state index contributed by atoms with van der Waals surface area (Å²) in [7, 11) is 1.99. The summed E-state index contributed by atoms with van der Waals surface area (Å²) < 4.78 is 12.6. The third-order valence-corrected chi connectivity index (χ3v) is 3.99. The molecule has 2 aromatic carbocycles. The SMILES string of the molecule is Cn1cc(CC(=O)Nc2ccc3c(c2)OCO3)c2ccccc21. The van der Waals surface area contributed by atoms with Gasteiger partial charge in [0.15, 0.2) is 11.5 Å². The molecular formula is C18H16N2O3. The summed E-state index contributed by atoms with van der Waals surface area (Å²) in [5.74, 6) is 1.31. The molecule has 1 N–H and O–H groups in total. The fourth-order valence-electron chi connectivity index (χ4n) is 2.92. The van der Waals surface area contributed by atoms with Crippen molar-refractivity contribution in [1.82, 2.24) is 4.57 Å². The van der Waals surface area contributed by atoms with Crippen LogP contribution in [0.4, 0.5) is 5.69 Å². The Morgan fingerprint density at radius 3 is 2.91 bits per heavy atom. The lowest BCUT2D eigenvalue weighted by atomic mass is 10.1. The highest BCUT2D eigenvalue weighted by atomic mass is 16.7. The molecule has 0 bridgehead atoms. The van der Waals surface area contributed by atoms with E-state index in [-0.39, 0.29) is 12.7 Å². The first-order valence-corrected chi connectivity index (χ1v) is 7.43. The van der Waals surface area contributed by atoms with Gasteiger partial charge in [-0.15, -0.1) is 0 Å². The van der Waals surface area contributed by atoms with Gasteiger partial charge in [0.25, 0.3) is 0 Å². The number of aryl methyl sites for hydroxylation is 1. The third kappa shape index (κ3) is 2.50. The minimum absolute atomic E-state index is 0.0554. The van der Waals surface area contributed by atoms with E-state index in [0.29, 0.717) is 23.6 Å². The van der Waals surface area contributed by atoms with Gasteiger partial charge in [0, 0.05) is 35.9 Å². The van der Waals surface area contributed by atoms with Crippen LogP contribution in [-0.2, 0) is 18.3 Å². The Hall–Kier alpha value is -2.95. The number of carbonyl (C=O) groups excluding carboxylic acids is 1. The van der Waals surface area contributed by atoms with Crippen LogP contribution in [0.5, 0.6) is 11.5 Å². The summed E-state index contributed by atoms with van der Waals surface area (Å²) in [6, 6.07) is 13.5. The van der Waals surface area contributed by atoms with Crippen molar-refractivity contribution >= 4 is 22.5 Å². The number of benzene rings is 2. The lowest BCUT2D eigenvalue weighted by Gasteiger charge is -2.06. The van der Waals surface area contributed by atoms with Crippen molar-refractivity contribution < 1.29 is 14.3 Å². The van der Waals surface area contributed by atoms with Gasteiger partial charge in [0.2, 0.25) is 12.7 Å². The predicted octanol–water partition coefficient (Wildman–Crippen LogP) is 3.09. The molecule has 116 valence electrons. The summed E-state index contributed by atoms with van der Waals surface area (Å²) in [5, 5.41) is 4.02. The summed E-state index contributed by atoms with van der Waals surface area (Å²) in [6.45, 7) is 0.225. The Labute approximate surface area is 133 Å². The zero-order chi connectivity index (χ0) is 15.8. The first-order valence-electron chi connectivity index (χ1n) is 7.43. The van der Waals surface area contributed by atoms with E-state index in [1.54, 1.807) is 12.1 Å². The number of anilines is 1. The van der Waals surface area contributed by atoms with Crippen LogP contribution >= 0.6 is 0 Å². The molecule has 0 saturated carbocycles. The number of rotatable bonds is 3. The zero-order valence-corrected chi connectivity index (χ0v) is 12.7. The van der Waals surface area contributed by atoms with Crippen molar-refractivity contribution in [3.63, 3.8) is 0 Å². The van der Waals surface area contributed by atoms with Crippen LogP contribution in [0.1, 0.15) is 5.56 Å². The van der Waals surface area contributed by atoms with Gasteiger partial charge >= 0.3 is 0 Å². The molecule has 2 heterocycles. The third-order valence-electron chi connectivity index (χ3n) is 3.99. The van der Waals surface area contributed by atoms with Gasteiger partial charge in [-0.1, -0.05) is 18.2 Å². The van der Waals surface area contributed by atoms with E-state index in [1.165, 1.54) is 0 Å². The van der Waals surface area contributed by atoms with Gasteiger partial charge in [0.1, 0.15) is 0 Å².